The number of rotatable bonds is 3. The molecule has 0 amide bonds. The smallest absolute Gasteiger partial charge is 0.0684 e. The van der Waals surface area contributed by atoms with Gasteiger partial charge in [-0.25, -0.2) is 0 Å². The largest absolute Gasteiger partial charge is 0.396 e. The summed E-state index contributed by atoms with van der Waals surface area (Å²) >= 11 is 0. The van der Waals surface area contributed by atoms with Crippen molar-refractivity contribution in [3.63, 3.8) is 0 Å². The van der Waals surface area contributed by atoms with E-state index in [1.54, 1.807) is 0 Å². The lowest BCUT2D eigenvalue weighted by atomic mass is 10.0. The summed E-state index contributed by atoms with van der Waals surface area (Å²) in [5, 5.41) is 17.7. The Morgan fingerprint density at radius 1 is 1.17 bits per heavy atom. The van der Waals surface area contributed by atoms with E-state index in [0.717, 1.165) is 16.7 Å². The molecule has 0 heterocycles. The van der Waals surface area contributed by atoms with Crippen molar-refractivity contribution >= 4 is 0 Å². The highest BCUT2D eigenvalue weighted by Crippen LogP contribution is 2.12. The molecule has 0 aliphatic rings. The molecule has 0 saturated carbocycles. The van der Waals surface area contributed by atoms with Crippen molar-refractivity contribution in [3.05, 3.63) is 34.9 Å². The molecular weight excluding hydrogens is 152 g/mol. The summed E-state index contributed by atoms with van der Waals surface area (Å²) in [5.74, 6) is 0. The van der Waals surface area contributed by atoms with Crippen LogP contribution >= 0.6 is 0 Å². The molecule has 1 aromatic carbocycles. The monoisotopic (exact) mass is 166 g/mol. The predicted molar refractivity (Wildman–Crippen MR) is 47.9 cm³/mol. The highest BCUT2D eigenvalue weighted by Gasteiger charge is 2.00. The van der Waals surface area contributed by atoms with Gasteiger partial charge < -0.3 is 10.2 Å². The molecule has 2 N–H and O–H groups in total. The normalized spacial score (nSPS) is 10.2. The number of aryl methyl sites for hydroxylation is 1. The van der Waals surface area contributed by atoms with E-state index in [1.165, 1.54) is 0 Å². The zero-order valence-electron chi connectivity index (χ0n) is 7.25. The lowest BCUT2D eigenvalue weighted by Crippen LogP contribution is -1.97. The zero-order chi connectivity index (χ0) is 8.97. The molecule has 0 radical (unpaired) electrons. The second kappa shape index (κ2) is 4.24. The Labute approximate surface area is 72.5 Å². The van der Waals surface area contributed by atoms with E-state index in [-0.39, 0.29) is 13.2 Å². The molecule has 0 atom stereocenters. The SMILES string of the molecule is Cc1ccc(CO)c(CCO)c1. The molecule has 0 aromatic heterocycles. The third-order valence-electron chi connectivity index (χ3n) is 1.91. The first-order valence-corrected chi connectivity index (χ1v) is 4.08. The average molecular weight is 166 g/mol. The molecule has 0 fully saturated rings. The first-order valence-electron chi connectivity index (χ1n) is 4.08. The molecule has 66 valence electrons. The first-order chi connectivity index (χ1) is 5.77. The standard InChI is InChI=1S/C10H14O2/c1-8-2-3-10(7-12)9(6-8)4-5-11/h2-3,6,11-12H,4-5,7H2,1H3. The highest BCUT2D eigenvalue weighted by atomic mass is 16.3. The van der Waals surface area contributed by atoms with Gasteiger partial charge in [0.1, 0.15) is 0 Å². The predicted octanol–water partition coefficient (Wildman–Crippen LogP) is 1.02. The molecule has 1 rings (SSSR count). The van der Waals surface area contributed by atoms with Crippen molar-refractivity contribution in [2.45, 2.75) is 20.0 Å². The van der Waals surface area contributed by atoms with Crippen LogP contribution < -0.4 is 0 Å². The Morgan fingerprint density at radius 3 is 2.50 bits per heavy atom. The summed E-state index contributed by atoms with van der Waals surface area (Å²) in [4.78, 5) is 0. The van der Waals surface area contributed by atoms with Crippen LogP contribution in [0.15, 0.2) is 18.2 Å². The van der Waals surface area contributed by atoms with Gasteiger partial charge in [0.05, 0.1) is 6.61 Å². The molecular formula is C10H14O2. The van der Waals surface area contributed by atoms with Gasteiger partial charge in [-0.1, -0.05) is 23.8 Å². The van der Waals surface area contributed by atoms with Crippen LogP contribution in [-0.2, 0) is 13.0 Å². The van der Waals surface area contributed by atoms with Crippen LogP contribution in [0.4, 0.5) is 0 Å². The van der Waals surface area contributed by atoms with Crippen molar-refractivity contribution in [2.24, 2.45) is 0 Å². The Morgan fingerprint density at radius 2 is 1.92 bits per heavy atom. The minimum absolute atomic E-state index is 0.0512. The van der Waals surface area contributed by atoms with Gasteiger partial charge in [-0.15, -0.1) is 0 Å². The van der Waals surface area contributed by atoms with Crippen LogP contribution in [-0.4, -0.2) is 16.8 Å². The van der Waals surface area contributed by atoms with E-state index in [4.69, 9.17) is 10.2 Å². The number of benzene rings is 1. The summed E-state index contributed by atoms with van der Waals surface area (Å²) in [6, 6.07) is 5.87. The topological polar surface area (TPSA) is 40.5 Å². The Hall–Kier alpha value is -0.860. The van der Waals surface area contributed by atoms with E-state index in [9.17, 15) is 0 Å². The van der Waals surface area contributed by atoms with Gasteiger partial charge in [-0.05, 0) is 24.5 Å². The molecule has 12 heavy (non-hydrogen) atoms. The van der Waals surface area contributed by atoms with Gasteiger partial charge in [-0.2, -0.15) is 0 Å². The highest BCUT2D eigenvalue weighted by molar-refractivity contribution is 5.31. The molecule has 1 aromatic rings. The average Bonchev–Trinajstić information content (AvgIpc) is 2.05. The van der Waals surface area contributed by atoms with E-state index < -0.39 is 0 Å². The third-order valence-corrected chi connectivity index (χ3v) is 1.91. The van der Waals surface area contributed by atoms with E-state index >= 15 is 0 Å². The van der Waals surface area contributed by atoms with Crippen LogP contribution in [0.3, 0.4) is 0 Å². The molecule has 2 nitrogen and oxygen atoms in total. The quantitative estimate of drug-likeness (QED) is 0.704. The van der Waals surface area contributed by atoms with Crippen molar-refractivity contribution in [2.75, 3.05) is 6.61 Å². The first kappa shape index (κ1) is 9.23. The van der Waals surface area contributed by atoms with Gasteiger partial charge >= 0.3 is 0 Å². The lowest BCUT2D eigenvalue weighted by Gasteiger charge is -2.06. The van der Waals surface area contributed by atoms with Crippen LogP contribution in [0.25, 0.3) is 0 Å². The van der Waals surface area contributed by atoms with Gasteiger partial charge in [-0.3, -0.25) is 0 Å². The van der Waals surface area contributed by atoms with Gasteiger partial charge in [0.15, 0.2) is 0 Å². The molecule has 2 heteroatoms. The summed E-state index contributed by atoms with van der Waals surface area (Å²) in [7, 11) is 0. The van der Waals surface area contributed by atoms with E-state index in [2.05, 4.69) is 0 Å². The summed E-state index contributed by atoms with van der Waals surface area (Å²) in [5.41, 5.74) is 3.12. The van der Waals surface area contributed by atoms with Crippen LogP contribution in [0.1, 0.15) is 16.7 Å². The maximum absolute atomic E-state index is 8.95. The fourth-order valence-electron chi connectivity index (χ4n) is 1.26. The molecule has 0 spiro atoms. The van der Waals surface area contributed by atoms with Crippen molar-refractivity contribution in [1.29, 1.82) is 0 Å². The fourth-order valence-corrected chi connectivity index (χ4v) is 1.26. The van der Waals surface area contributed by atoms with Crippen molar-refractivity contribution < 1.29 is 10.2 Å². The molecule has 0 bridgehead atoms. The Kier molecular flexibility index (Phi) is 3.26. The summed E-state index contributed by atoms with van der Waals surface area (Å²) in [6.45, 7) is 2.19. The van der Waals surface area contributed by atoms with Gasteiger partial charge in [0.25, 0.3) is 0 Å². The minimum atomic E-state index is 0.0512. The van der Waals surface area contributed by atoms with E-state index in [0.29, 0.717) is 6.42 Å². The molecule has 0 saturated heterocycles. The maximum Gasteiger partial charge on any atom is 0.0684 e. The summed E-state index contributed by atoms with van der Waals surface area (Å²) in [6.07, 6.45) is 0.623. The third kappa shape index (κ3) is 2.06. The zero-order valence-corrected chi connectivity index (χ0v) is 7.25. The maximum atomic E-state index is 8.95. The van der Waals surface area contributed by atoms with Crippen LogP contribution in [0.5, 0.6) is 0 Å². The summed E-state index contributed by atoms with van der Waals surface area (Å²) < 4.78 is 0. The molecule has 0 unspecified atom stereocenters. The second-order valence-corrected chi connectivity index (χ2v) is 2.90. The minimum Gasteiger partial charge on any atom is -0.396 e. The Balaban J connectivity index is 2.95. The molecule has 0 aliphatic carbocycles. The second-order valence-electron chi connectivity index (χ2n) is 2.90. The van der Waals surface area contributed by atoms with E-state index in [1.807, 2.05) is 25.1 Å². The fraction of sp³-hybridized carbons (Fsp3) is 0.400. The van der Waals surface area contributed by atoms with Crippen LogP contribution in [0, 0.1) is 6.92 Å². The van der Waals surface area contributed by atoms with Crippen molar-refractivity contribution in [1.82, 2.24) is 0 Å². The molecule has 0 aliphatic heterocycles. The van der Waals surface area contributed by atoms with Crippen molar-refractivity contribution in [3.8, 4) is 0 Å². The number of hydrogen-bond acceptors (Lipinski definition) is 2. The lowest BCUT2D eigenvalue weighted by molar-refractivity contribution is 0.276. The number of aliphatic hydroxyl groups excluding tert-OH is 2. The van der Waals surface area contributed by atoms with Gasteiger partial charge in [0.2, 0.25) is 0 Å². The van der Waals surface area contributed by atoms with Gasteiger partial charge in [0, 0.05) is 6.61 Å². The number of hydrogen-bond donors (Lipinski definition) is 2. The Bertz CT molecular complexity index is 256. The number of aliphatic hydroxyl groups is 2. The van der Waals surface area contributed by atoms with Crippen LogP contribution in [0.2, 0.25) is 0 Å².